The fourth-order valence-electron chi connectivity index (χ4n) is 4.02. The summed E-state index contributed by atoms with van der Waals surface area (Å²) in [5, 5.41) is 0. The maximum Gasteiger partial charge on any atom is 0.201 e. The molecule has 2 fully saturated rings. The second-order valence-corrected chi connectivity index (χ2v) is 7.17. The van der Waals surface area contributed by atoms with Gasteiger partial charge < -0.3 is 4.74 Å². The van der Waals surface area contributed by atoms with Crippen molar-refractivity contribution in [2.75, 3.05) is 6.61 Å². The molecule has 3 heteroatoms. The number of hydrogen-bond donors (Lipinski definition) is 0. The van der Waals surface area contributed by atoms with Crippen molar-refractivity contribution in [1.29, 1.82) is 0 Å². The first-order valence-electron chi connectivity index (χ1n) is 9.05. The molecule has 0 aromatic heterocycles. The highest BCUT2D eigenvalue weighted by molar-refractivity contribution is 5.68. The highest BCUT2D eigenvalue weighted by Gasteiger charge is 2.41. The molecule has 2 aliphatic carbocycles. The van der Waals surface area contributed by atoms with Crippen molar-refractivity contribution in [3.05, 3.63) is 41.5 Å². The minimum absolute atomic E-state index is 0.204. The number of benzene rings is 1. The lowest BCUT2D eigenvalue weighted by Gasteiger charge is -2.41. The van der Waals surface area contributed by atoms with Gasteiger partial charge >= 0.3 is 0 Å². The molecule has 4 rings (SSSR count). The van der Waals surface area contributed by atoms with Crippen molar-refractivity contribution >= 4 is 5.57 Å². The molecule has 0 N–H and O–H groups in total. The quantitative estimate of drug-likeness (QED) is 0.748. The van der Waals surface area contributed by atoms with Crippen LogP contribution in [0.4, 0.5) is 0 Å². The number of fused-ring (bicyclic) bond motifs is 1. The molecular formula is C20H26O3. The summed E-state index contributed by atoms with van der Waals surface area (Å²) in [4.78, 5) is 11.4. The third-order valence-corrected chi connectivity index (χ3v) is 5.54. The highest BCUT2D eigenvalue weighted by atomic mass is 17.2. The van der Waals surface area contributed by atoms with Crippen LogP contribution >= 0.6 is 0 Å². The van der Waals surface area contributed by atoms with Crippen molar-refractivity contribution in [2.45, 2.75) is 69.7 Å². The van der Waals surface area contributed by atoms with Gasteiger partial charge in [0.15, 0.2) is 0 Å². The van der Waals surface area contributed by atoms with Gasteiger partial charge in [-0.15, -0.1) is 0 Å². The molecule has 23 heavy (non-hydrogen) atoms. The Morgan fingerprint density at radius 3 is 2.52 bits per heavy atom. The predicted octanol–water partition coefficient (Wildman–Crippen LogP) is 4.59. The van der Waals surface area contributed by atoms with Gasteiger partial charge in [-0.2, -0.15) is 0 Å². The van der Waals surface area contributed by atoms with E-state index in [4.69, 9.17) is 14.5 Å². The van der Waals surface area contributed by atoms with Gasteiger partial charge in [-0.05, 0) is 60.8 Å². The third-order valence-electron chi connectivity index (χ3n) is 5.54. The summed E-state index contributed by atoms with van der Waals surface area (Å²) in [5.41, 5.74) is 5.08. The van der Waals surface area contributed by atoms with E-state index in [1.54, 1.807) is 0 Å². The number of ether oxygens (including phenoxy) is 1. The first-order chi connectivity index (χ1) is 11.3. The molecule has 1 saturated heterocycles. The lowest BCUT2D eigenvalue weighted by molar-refractivity contribution is -0.483. The van der Waals surface area contributed by atoms with E-state index < -0.39 is 5.79 Å². The molecule has 1 aromatic rings. The van der Waals surface area contributed by atoms with E-state index in [-0.39, 0.29) is 6.10 Å². The van der Waals surface area contributed by atoms with Crippen LogP contribution in [0.15, 0.2) is 24.8 Å². The van der Waals surface area contributed by atoms with Gasteiger partial charge in [0, 0.05) is 12.8 Å². The van der Waals surface area contributed by atoms with E-state index in [0.717, 1.165) is 36.8 Å². The fourth-order valence-corrected chi connectivity index (χ4v) is 4.02. The summed E-state index contributed by atoms with van der Waals surface area (Å²) >= 11 is 0. The molecule has 1 heterocycles. The van der Waals surface area contributed by atoms with E-state index >= 15 is 0 Å². The van der Waals surface area contributed by atoms with Crippen LogP contribution in [0.2, 0.25) is 0 Å². The minimum Gasteiger partial charge on any atom is -0.344 e. The molecule has 0 amide bonds. The summed E-state index contributed by atoms with van der Waals surface area (Å²) in [7, 11) is 0. The molecule has 124 valence electrons. The summed E-state index contributed by atoms with van der Waals surface area (Å²) in [6, 6.07) is 6.70. The van der Waals surface area contributed by atoms with E-state index in [0.29, 0.717) is 6.61 Å². The van der Waals surface area contributed by atoms with Gasteiger partial charge in [-0.3, -0.25) is 0 Å². The van der Waals surface area contributed by atoms with E-state index in [1.807, 2.05) is 0 Å². The van der Waals surface area contributed by atoms with Crippen LogP contribution in [-0.4, -0.2) is 18.5 Å². The van der Waals surface area contributed by atoms with Gasteiger partial charge in [0.25, 0.3) is 0 Å². The van der Waals surface area contributed by atoms with Crippen LogP contribution < -0.4 is 0 Å². The highest BCUT2D eigenvalue weighted by Crippen LogP contribution is 2.38. The molecule has 3 nitrogen and oxygen atoms in total. The first-order valence-corrected chi connectivity index (χ1v) is 9.05. The standard InChI is InChI=1S/C20H26O3/c1-15(17-10-9-16-7-3-4-8-18(16)13-17)19-14-21-20(23-22-19)11-5-2-6-12-20/h9-10,13,19H,1-8,11-12,14H2. The number of rotatable bonds is 2. The summed E-state index contributed by atoms with van der Waals surface area (Å²) in [6.07, 6.45) is 10.2. The average Bonchev–Trinajstić information content (AvgIpc) is 2.62. The molecule has 0 bridgehead atoms. The third kappa shape index (κ3) is 3.10. The monoisotopic (exact) mass is 314 g/mol. The van der Waals surface area contributed by atoms with Crippen LogP contribution in [0.1, 0.15) is 61.6 Å². The lowest BCUT2D eigenvalue weighted by Crippen LogP contribution is -2.46. The van der Waals surface area contributed by atoms with Gasteiger partial charge in [-0.25, -0.2) is 9.78 Å². The van der Waals surface area contributed by atoms with Crippen LogP contribution in [-0.2, 0) is 27.4 Å². The minimum atomic E-state index is -0.495. The fraction of sp³-hybridized carbons (Fsp3) is 0.600. The van der Waals surface area contributed by atoms with Crippen molar-refractivity contribution in [3.8, 4) is 0 Å². The zero-order chi connectivity index (χ0) is 15.7. The summed E-state index contributed by atoms with van der Waals surface area (Å²) < 4.78 is 6.07. The second kappa shape index (κ2) is 6.39. The van der Waals surface area contributed by atoms with Crippen molar-refractivity contribution in [2.24, 2.45) is 0 Å². The van der Waals surface area contributed by atoms with Gasteiger partial charge in [0.1, 0.15) is 6.10 Å². The van der Waals surface area contributed by atoms with Crippen LogP contribution in [0, 0.1) is 0 Å². The number of aryl methyl sites for hydroxylation is 2. The van der Waals surface area contributed by atoms with Crippen LogP contribution in [0.25, 0.3) is 5.57 Å². The molecule has 1 saturated carbocycles. The van der Waals surface area contributed by atoms with Crippen LogP contribution in [0.5, 0.6) is 0 Å². The Hall–Kier alpha value is -1.16. The largest absolute Gasteiger partial charge is 0.344 e. The Morgan fingerprint density at radius 2 is 1.78 bits per heavy atom. The van der Waals surface area contributed by atoms with Gasteiger partial charge in [0.05, 0.1) is 6.61 Å². The average molecular weight is 314 g/mol. The Morgan fingerprint density at radius 1 is 1.00 bits per heavy atom. The smallest absolute Gasteiger partial charge is 0.201 e. The Balaban J connectivity index is 1.43. The second-order valence-electron chi connectivity index (χ2n) is 7.17. The first kappa shape index (κ1) is 15.4. The predicted molar refractivity (Wildman–Crippen MR) is 89.8 cm³/mol. The summed E-state index contributed by atoms with van der Waals surface area (Å²) in [6.45, 7) is 4.78. The Bertz CT molecular complexity index is 577. The van der Waals surface area contributed by atoms with Crippen molar-refractivity contribution in [3.63, 3.8) is 0 Å². The maximum atomic E-state index is 6.07. The zero-order valence-electron chi connectivity index (χ0n) is 13.8. The van der Waals surface area contributed by atoms with Crippen molar-refractivity contribution < 1.29 is 14.5 Å². The molecule has 1 spiro atoms. The lowest BCUT2D eigenvalue weighted by atomic mass is 9.88. The molecule has 1 aromatic carbocycles. The normalized spacial score (nSPS) is 26.7. The molecule has 1 atom stereocenters. The van der Waals surface area contributed by atoms with Gasteiger partial charge in [0.2, 0.25) is 5.79 Å². The van der Waals surface area contributed by atoms with Crippen LogP contribution in [0.3, 0.4) is 0 Å². The molecular weight excluding hydrogens is 288 g/mol. The van der Waals surface area contributed by atoms with Gasteiger partial charge in [-0.1, -0.05) is 31.2 Å². The molecule has 0 radical (unpaired) electrons. The SMILES string of the molecule is C=C(c1ccc2c(c1)CCCC2)C1COC2(CCCCC2)OO1. The maximum absolute atomic E-state index is 6.07. The van der Waals surface area contributed by atoms with E-state index in [9.17, 15) is 0 Å². The topological polar surface area (TPSA) is 27.7 Å². The van der Waals surface area contributed by atoms with E-state index in [2.05, 4.69) is 24.8 Å². The van der Waals surface area contributed by atoms with Crippen molar-refractivity contribution in [1.82, 2.24) is 0 Å². The summed E-state index contributed by atoms with van der Waals surface area (Å²) in [5.74, 6) is -0.495. The zero-order valence-corrected chi connectivity index (χ0v) is 13.8. The Kier molecular flexibility index (Phi) is 4.27. The molecule has 1 unspecified atom stereocenters. The molecule has 3 aliphatic rings. The Labute approximate surface area is 138 Å². The van der Waals surface area contributed by atoms with E-state index in [1.165, 1.54) is 43.2 Å². The molecule has 1 aliphatic heterocycles. The number of hydrogen-bond acceptors (Lipinski definition) is 3.